The van der Waals surface area contributed by atoms with Gasteiger partial charge in [0.05, 0.1) is 24.1 Å². The zero-order chi connectivity index (χ0) is 19.3. The summed E-state index contributed by atoms with van der Waals surface area (Å²) in [4.78, 5) is 16.5. The summed E-state index contributed by atoms with van der Waals surface area (Å²) in [5.74, 6) is 0.117. The summed E-state index contributed by atoms with van der Waals surface area (Å²) in [5.41, 5.74) is 0.762. The molecule has 1 amide bonds. The number of halogens is 1. The summed E-state index contributed by atoms with van der Waals surface area (Å²) in [6.07, 6.45) is 5.08. The van der Waals surface area contributed by atoms with Crippen LogP contribution in [0.3, 0.4) is 0 Å². The van der Waals surface area contributed by atoms with Gasteiger partial charge in [0.15, 0.2) is 5.69 Å². The van der Waals surface area contributed by atoms with Crippen LogP contribution in [0.2, 0.25) is 0 Å². The average Bonchev–Trinajstić information content (AvgIpc) is 3.22. The van der Waals surface area contributed by atoms with Crippen molar-refractivity contribution in [3.63, 3.8) is 0 Å². The van der Waals surface area contributed by atoms with E-state index in [2.05, 4.69) is 25.9 Å². The first-order valence-electron chi connectivity index (χ1n) is 9.01. The van der Waals surface area contributed by atoms with Crippen LogP contribution in [0, 0.1) is 5.82 Å². The summed E-state index contributed by atoms with van der Waals surface area (Å²) in [6, 6.07) is 9.18. The molecule has 1 aliphatic heterocycles. The number of piperidine rings is 1. The lowest BCUT2D eigenvalue weighted by Gasteiger charge is -2.22. The van der Waals surface area contributed by atoms with Crippen LogP contribution >= 0.6 is 0 Å². The van der Waals surface area contributed by atoms with Gasteiger partial charge in [0.25, 0.3) is 5.91 Å². The molecule has 1 fully saturated rings. The summed E-state index contributed by atoms with van der Waals surface area (Å²) in [5, 5.41) is 14.1. The summed E-state index contributed by atoms with van der Waals surface area (Å²) in [7, 11) is 0. The quantitative estimate of drug-likeness (QED) is 0.705. The molecular formula is C19H19FN6O2. The molecular weight excluding hydrogens is 363 g/mol. The molecule has 0 radical (unpaired) electrons. The molecule has 0 saturated carbocycles. The van der Waals surface area contributed by atoms with Crippen LogP contribution in [0.15, 0.2) is 48.8 Å². The average molecular weight is 382 g/mol. The van der Waals surface area contributed by atoms with Crippen molar-refractivity contribution in [2.45, 2.75) is 18.9 Å². The van der Waals surface area contributed by atoms with Gasteiger partial charge in [-0.05, 0) is 56.3 Å². The Labute approximate surface area is 160 Å². The van der Waals surface area contributed by atoms with E-state index in [0.29, 0.717) is 17.3 Å². The molecule has 3 heterocycles. The first-order valence-corrected chi connectivity index (χ1v) is 9.01. The van der Waals surface area contributed by atoms with Gasteiger partial charge in [-0.1, -0.05) is 5.21 Å². The highest BCUT2D eigenvalue weighted by Crippen LogP contribution is 2.21. The van der Waals surface area contributed by atoms with Crippen LogP contribution in [0.4, 0.5) is 10.1 Å². The molecule has 1 aromatic carbocycles. The smallest absolute Gasteiger partial charge is 0.277 e. The van der Waals surface area contributed by atoms with E-state index in [0.717, 1.165) is 25.9 Å². The van der Waals surface area contributed by atoms with Crippen LogP contribution in [-0.4, -0.2) is 39.0 Å². The van der Waals surface area contributed by atoms with Crippen molar-refractivity contribution in [1.82, 2.24) is 25.3 Å². The van der Waals surface area contributed by atoms with E-state index in [1.54, 1.807) is 23.0 Å². The predicted octanol–water partition coefficient (Wildman–Crippen LogP) is 2.78. The van der Waals surface area contributed by atoms with Gasteiger partial charge < -0.3 is 15.4 Å². The Bertz CT molecular complexity index is 936. The molecule has 1 aliphatic rings. The molecule has 0 unspecified atom stereocenters. The van der Waals surface area contributed by atoms with Crippen molar-refractivity contribution >= 4 is 11.6 Å². The molecule has 1 saturated heterocycles. The van der Waals surface area contributed by atoms with E-state index in [1.807, 2.05) is 0 Å². The number of hydrogen-bond donors (Lipinski definition) is 2. The number of aromatic nitrogens is 4. The van der Waals surface area contributed by atoms with Gasteiger partial charge in [-0.15, -0.1) is 5.10 Å². The molecule has 2 N–H and O–H groups in total. The van der Waals surface area contributed by atoms with E-state index in [-0.39, 0.29) is 23.5 Å². The normalized spacial score (nSPS) is 14.6. The van der Waals surface area contributed by atoms with Crippen LogP contribution in [0.25, 0.3) is 0 Å². The topological polar surface area (TPSA) is 94.0 Å². The number of amides is 1. The number of carbonyl (C=O) groups is 1. The van der Waals surface area contributed by atoms with Crippen molar-refractivity contribution in [2.75, 3.05) is 18.4 Å². The fourth-order valence-corrected chi connectivity index (χ4v) is 2.96. The SMILES string of the molecule is O=C(Nc1ccc(Oc2ccc(F)cc2)nc1)c1cn(C2CCNCC2)nn1. The maximum atomic E-state index is 12.9. The van der Waals surface area contributed by atoms with Crippen LogP contribution in [0.1, 0.15) is 29.4 Å². The minimum absolute atomic E-state index is 0.255. The second-order valence-electron chi connectivity index (χ2n) is 6.46. The molecule has 0 bridgehead atoms. The zero-order valence-electron chi connectivity index (χ0n) is 15.0. The third kappa shape index (κ3) is 4.32. The number of pyridine rings is 1. The molecule has 8 nitrogen and oxygen atoms in total. The van der Waals surface area contributed by atoms with E-state index in [9.17, 15) is 9.18 Å². The van der Waals surface area contributed by atoms with Crippen LogP contribution < -0.4 is 15.4 Å². The maximum Gasteiger partial charge on any atom is 0.277 e. The highest BCUT2D eigenvalue weighted by atomic mass is 19.1. The predicted molar refractivity (Wildman–Crippen MR) is 99.8 cm³/mol. The van der Waals surface area contributed by atoms with Gasteiger partial charge in [-0.25, -0.2) is 14.1 Å². The van der Waals surface area contributed by atoms with Gasteiger partial charge >= 0.3 is 0 Å². The van der Waals surface area contributed by atoms with E-state index >= 15 is 0 Å². The van der Waals surface area contributed by atoms with Crippen LogP contribution in [0.5, 0.6) is 11.6 Å². The molecule has 3 aromatic rings. The number of rotatable bonds is 5. The van der Waals surface area contributed by atoms with E-state index in [4.69, 9.17) is 4.74 Å². The van der Waals surface area contributed by atoms with E-state index < -0.39 is 0 Å². The van der Waals surface area contributed by atoms with E-state index in [1.165, 1.54) is 30.5 Å². The molecule has 28 heavy (non-hydrogen) atoms. The molecule has 4 rings (SSSR count). The van der Waals surface area contributed by atoms with Crippen LogP contribution in [-0.2, 0) is 0 Å². The lowest BCUT2D eigenvalue weighted by molar-refractivity contribution is 0.102. The maximum absolute atomic E-state index is 12.9. The zero-order valence-corrected chi connectivity index (χ0v) is 15.0. The Morgan fingerprint density at radius 2 is 1.96 bits per heavy atom. The van der Waals surface area contributed by atoms with Crippen molar-refractivity contribution < 1.29 is 13.9 Å². The fourth-order valence-electron chi connectivity index (χ4n) is 2.96. The molecule has 2 aromatic heterocycles. The minimum atomic E-state index is -0.353. The van der Waals surface area contributed by atoms with Crippen molar-refractivity contribution in [3.8, 4) is 11.6 Å². The number of carbonyl (C=O) groups excluding carboxylic acids is 1. The third-order valence-corrected chi connectivity index (χ3v) is 4.46. The van der Waals surface area contributed by atoms with Gasteiger partial charge in [-0.2, -0.15) is 0 Å². The van der Waals surface area contributed by atoms with Crippen molar-refractivity contribution in [2.24, 2.45) is 0 Å². The minimum Gasteiger partial charge on any atom is -0.439 e. The second-order valence-corrected chi connectivity index (χ2v) is 6.46. The summed E-state index contributed by atoms with van der Waals surface area (Å²) < 4.78 is 20.2. The Morgan fingerprint density at radius 1 is 1.18 bits per heavy atom. The Balaban J connectivity index is 1.36. The Kier molecular flexibility index (Phi) is 5.24. The Hall–Kier alpha value is -3.33. The Morgan fingerprint density at radius 3 is 2.68 bits per heavy atom. The van der Waals surface area contributed by atoms with Crippen molar-refractivity contribution in [3.05, 3.63) is 60.3 Å². The van der Waals surface area contributed by atoms with Gasteiger partial charge in [0.1, 0.15) is 11.6 Å². The van der Waals surface area contributed by atoms with Gasteiger partial charge in [0.2, 0.25) is 5.88 Å². The molecule has 144 valence electrons. The monoisotopic (exact) mass is 382 g/mol. The largest absolute Gasteiger partial charge is 0.439 e. The third-order valence-electron chi connectivity index (χ3n) is 4.46. The lowest BCUT2D eigenvalue weighted by atomic mass is 10.1. The fraction of sp³-hybridized carbons (Fsp3) is 0.263. The number of nitrogens with zero attached hydrogens (tertiary/aromatic N) is 4. The first kappa shape index (κ1) is 18.1. The number of benzene rings is 1. The number of hydrogen-bond acceptors (Lipinski definition) is 6. The number of nitrogens with one attached hydrogen (secondary N) is 2. The highest BCUT2D eigenvalue weighted by Gasteiger charge is 2.18. The van der Waals surface area contributed by atoms with Gasteiger partial charge in [-0.3, -0.25) is 4.79 Å². The highest BCUT2D eigenvalue weighted by molar-refractivity contribution is 6.02. The first-order chi connectivity index (χ1) is 13.7. The van der Waals surface area contributed by atoms with Gasteiger partial charge in [0, 0.05) is 6.07 Å². The summed E-state index contributed by atoms with van der Waals surface area (Å²) in [6.45, 7) is 1.87. The lowest BCUT2D eigenvalue weighted by Crippen LogP contribution is -2.29. The number of anilines is 1. The number of ether oxygens (including phenoxy) is 1. The molecule has 0 atom stereocenters. The molecule has 0 spiro atoms. The second kappa shape index (κ2) is 8.13. The molecule has 9 heteroatoms. The van der Waals surface area contributed by atoms with Crippen molar-refractivity contribution in [1.29, 1.82) is 0 Å². The molecule has 0 aliphatic carbocycles. The summed E-state index contributed by atoms with van der Waals surface area (Å²) >= 11 is 0. The standard InChI is InChI=1S/C19H19FN6O2/c20-13-1-4-16(5-2-13)28-18-6-3-14(11-22-18)23-19(27)17-12-26(25-24-17)15-7-9-21-10-8-15/h1-6,11-12,15,21H,7-10H2,(H,23,27).